The van der Waals surface area contributed by atoms with Crippen LogP contribution in [0.5, 0.6) is 0 Å². The van der Waals surface area contributed by atoms with E-state index in [1.807, 2.05) is 0 Å². The summed E-state index contributed by atoms with van der Waals surface area (Å²) in [4.78, 5) is 0. The van der Waals surface area contributed by atoms with Gasteiger partial charge in [-0.15, -0.1) is 12.4 Å². The second-order valence-electron chi connectivity index (χ2n) is 3.07. The third-order valence-electron chi connectivity index (χ3n) is 2.05. The van der Waals surface area contributed by atoms with Crippen LogP contribution in [0.4, 0.5) is 0 Å². The molecule has 80 valence electrons. The predicted octanol–water partition coefficient (Wildman–Crippen LogP) is 1.75. The lowest BCUT2D eigenvalue weighted by molar-refractivity contribution is 0.292. The Labute approximate surface area is 91.8 Å². The van der Waals surface area contributed by atoms with Crippen molar-refractivity contribution >= 4 is 12.4 Å². The second kappa shape index (κ2) is 7.80. The molecule has 0 saturated carbocycles. The summed E-state index contributed by atoms with van der Waals surface area (Å²) < 4.78 is 0. The number of halogens is 1. The minimum Gasteiger partial charge on any atom is -0.395 e. The fourth-order valence-corrected chi connectivity index (χ4v) is 1.20. The zero-order chi connectivity index (χ0) is 9.52. The molecule has 0 fully saturated rings. The van der Waals surface area contributed by atoms with E-state index in [1.165, 1.54) is 11.1 Å². The molecular formula is C11H18ClNO. The number of aryl methyl sites for hydroxylation is 1. The lowest BCUT2D eigenvalue weighted by atomic mass is 10.1. The predicted molar refractivity (Wildman–Crippen MR) is 61.9 cm³/mol. The van der Waals surface area contributed by atoms with Gasteiger partial charge in [0, 0.05) is 13.1 Å². The number of nitrogens with one attached hydrogen (secondary N) is 1. The first-order valence-electron chi connectivity index (χ1n) is 4.76. The molecule has 14 heavy (non-hydrogen) atoms. The van der Waals surface area contributed by atoms with Crippen LogP contribution in [0.25, 0.3) is 0 Å². The highest BCUT2D eigenvalue weighted by atomic mass is 35.5. The summed E-state index contributed by atoms with van der Waals surface area (Å²) in [5, 5.41) is 11.7. The van der Waals surface area contributed by atoms with Crippen molar-refractivity contribution in [2.24, 2.45) is 0 Å². The fourth-order valence-electron chi connectivity index (χ4n) is 1.20. The van der Waals surface area contributed by atoms with E-state index in [0.717, 1.165) is 13.0 Å². The maximum Gasteiger partial charge on any atom is 0.0556 e. The average molecular weight is 216 g/mol. The van der Waals surface area contributed by atoms with E-state index in [1.54, 1.807) is 0 Å². The Morgan fingerprint density at radius 2 is 1.71 bits per heavy atom. The summed E-state index contributed by atoms with van der Waals surface area (Å²) in [7, 11) is 0. The topological polar surface area (TPSA) is 32.3 Å². The molecule has 0 bridgehead atoms. The van der Waals surface area contributed by atoms with E-state index in [0.29, 0.717) is 6.54 Å². The van der Waals surface area contributed by atoms with Crippen LogP contribution in [0.1, 0.15) is 18.1 Å². The normalized spacial score (nSPS) is 9.57. The van der Waals surface area contributed by atoms with Gasteiger partial charge in [0.05, 0.1) is 6.61 Å². The summed E-state index contributed by atoms with van der Waals surface area (Å²) in [5.74, 6) is 0. The van der Waals surface area contributed by atoms with Gasteiger partial charge in [-0.25, -0.2) is 0 Å². The van der Waals surface area contributed by atoms with Crippen molar-refractivity contribution in [3.05, 3.63) is 35.4 Å². The maximum absolute atomic E-state index is 8.56. The lowest BCUT2D eigenvalue weighted by Crippen LogP contribution is -2.17. The summed E-state index contributed by atoms with van der Waals surface area (Å²) in [5.41, 5.74) is 2.64. The molecule has 0 heterocycles. The van der Waals surface area contributed by atoms with Crippen LogP contribution >= 0.6 is 12.4 Å². The molecule has 0 saturated heterocycles. The summed E-state index contributed by atoms with van der Waals surface area (Å²) in [6, 6.07) is 8.55. The first kappa shape index (κ1) is 13.4. The van der Waals surface area contributed by atoms with Crippen LogP contribution in [0.15, 0.2) is 24.3 Å². The molecule has 1 aromatic rings. The van der Waals surface area contributed by atoms with Gasteiger partial charge in [0.15, 0.2) is 0 Å². The highest BCUT2D eigenvalue weighted by Gasteiger charge is 1.92. The standard InChI is InChI=1S/C11H17NO.ClH/c1-2-10-3-5-11(6-4-10)9-12-7-8-13;/h3-6,12-13H,2,7-9H2,1H3;1H. The zero-order valence-electron chi connectivity index (χ0n) is 8.49. The number of hydrogen-bond donors (Lipinski definition) is 2. The molecule has 0 aromatic heterocycles. The van der Waals surface area contributed by atoms with Gasteiger partial charge in [-0.2, -0.15) is 0 Å². The number of hydrogen-bond acceptors (Lipinski definition) is 2. The number of rotatable bonds is 5. The first-order valence-corrected chi connectivity index (χ1v) is 4.76. The Morgan fingerprint density at radius 3 is 2.21 bits per heavy atom. The van der Waals surface area contributed by atoms with Crippen LogP contribution < -0.4 is 5.32 Å². The Bertz CT molecular complexity index is 236. The summed E-state index contributed by atoms with van der Waals surface area (Å²) >= 11 is 0. The van der Waals surface area contributed by atoms with E-state index in [-0.39, 0.29) is 19.0 Å². The van der Waals surface area contributed by atoms with E-state index in [9.17, 15) is 0 Å². The van der Waals surface area contributed by atoms with Gasteiger partial charge in [-0.05, 0) is 17.5 Å². The van der Waals surface area contributed by atoms with Crippen molar-refractivity contribution in [2.45, 2.75) is 19.9 Å². The summed E-state index contributed by atoms with van der Waals surface area (Å²) in [6.45, 7) is 3.85. The molecule has 0 amide bonds. The quantitative estimate of drug-likeness (QED) is 0.734. The highest BCUT2D eigenvalue weighted by molar-refractivity contribution is 5.85. The Hall–Kier alpha value is -0.570. The van der Waals surface area contributed by atoms with E-state index in [4.69, 9.17) is 5.11 Å². The third kappa shape index (κ3) is 4.61. The minimum absolute atomic E-state index is 0. The van der Waals surface area contributed by atoms with Crippen LogP contribution in [-0.2, 0) is 13.0 Å². The zero-order valence-corrected chi connectivity index (χ0v) is 9.31. The highest BCUT2D eigenvalue weighted by Crippen LogP contribution is 2.04. The smallest absolute Gasteiger partial charge is 0.0556 e. The van der Waals surface area contributed by atoms with Gasteiger partial charge in [0.25, 0.3) is 0 Å². The Balaban J connectivity index is 0.00000169. The molecule has 0 aliphatic heterocycles. The molecule has 0 unspecified atom stereocenters. The largest absolute Gasteiger partial charge is 0.395 e. The Morgan fingerprint density at radius 1 is 1.14 bits per heavy atom. The van der Waals surface area contributed by atoms with E-state index in [2.05, 4.69) is 36.5 Å². The minimum atomic E-state index is 0. The van der Waals surface area contributed by atoms with E-state index < -0.39 is 0 Å². The van der Waals surface area contributed by atoms with Gasteiger partial charge in [0.1, 0.15) is 0 Å². The van der Waals surface area contributed by atoms with Gasteiger partial charge >= 0.3 is 0 Å². The monoisotopic (exact) mass is 215 g/mol. The molecule has 3 heteroatoms. The van der Waals surface area contributed by atoms with Crippen LogP contribution in [0, 0.1) is 0 Å². The molecule has 0 radical (unpaired) electrons. The van der Waals surface area contributed by atoms with Gasteiger partial charge < -0.3 is 10.4 Å². The molecule has 0 aliphatic carbocycles. The molecule has 0 atom stereocenters. The molecule has 1 aromatic carbocycles. The van der Waals surface area contributed by atoms with Crippen molar-refractivity contribution in [2.75, 3.05) is 13.2 Å². The maximum atomic E-state index is 8.56. The molecule has 1 rings (SSSR count). The van der Waals surface area contributed by atoms with Crippen molar-refractivity contribution in [1.29, 1.82) is 0 Å². The van der Waals surface area contributed by atoms with Crippen LogP contribution in [-0.4, -0.2) is 18.3 Å². The SMILES string of the molecule is CCc1ccc(CNCCO)cc1.Cl. The van der Waals surface area contributed by atoms with Crippen LogP contribution in [0.3, 0.4) is 0 Å². The average Bonchev–Trinajstić information content (AvgIpc) is 2.19. The van der Waals surface area contributed by atoms with Crippen molar-refractivity contribution in [3.8, 4) is 0 Å². The summed E-state index contributed by atoms with van der Waals surface area (Å²) in [6.07, 6.45) is 1.09. The number of aliphatic hydroxyl groups is 1. The van der Waals surface area contributed by atoms with E-state index >= 15 is 0 Å². The molecule has 2 N–H and O–H groups in total. The van der Waals surface area contributed by atoms with Gasteiger partial charge in [-0.1, -0.05) is 31.2 Å². The third-order valence-corrected chi connectivity index (χ3v) is 2.05. The molecule has 0 spiro atoms. The molecular weight excluding hydrogens is 198 g/mol. The van der Waals surface area contributed by atoms with Crippen molar-refractivity contribution < 1.29 is 5.11 Å². The van der Waals surface area contributed by atoms with Gasteiger partial charge in [-0.3, -0.25) is 0 Å². The fraction of sp³-hybridized carbons (Fsp3) is 0.455. The number of aliphatic hydroxyl groups excluding tert-OH is 1. The second-order valence-corrected chi connectivity index (χ2v) is 3.07. The number of benzene rings is 1. The lowest BCUT2D eigenvalue weighted by Gasteiger charge is -2.03. The first-order chi connectivity index (χ1) is 6.36. The van der Waals surface area contributed by atoms with Gasteiger partial charge in [0.2, 0.25) is 0 Å². The van der Waals surface area contributed by atoms with Crippen molar-refractivity contribution in [1.82, 2.24) is 5.32 Å². The molecule has 0 aliphatic rings. The Kier molecular flexibility index (Phi) is 7.48. The van der Waals surface area contributed by atoms with Crippen molar-refractivity contribution in [3.63, 3.8) is 0 Å². The molecule has 2 nitrogen and oxygen atoms in total. The van der Waals surface area contributed by atoms with Crippen LogP contribution in [0.2, 0.25) is 0 Å².